The first-order chi connectivity index (χ1) is 17.3. The average Bonchev–Trinajstić information content (AvgIpc) is 3.54. The van der Waals surface area contributed by atoms with Gasteiger partial charge in [-0.3, -0.25) is 9.59 Å². The lowest BCUT2D eigenvalue weighted by atomic mass is 10.2. The molecule has 9 heteroatoms. The van der Waals surface area contributed by atoms with Crippen LogP contribution in [-0.4, -0.2) is 60.8 Å². The van der Waals surface area contributed by atoms with Crippen LogP contribution in [0.2, 0.25) is 0 Å². The number of piperazine rings is 1. The van der Waals surface area contributed by atoms with Crippen molar-refractivity contribution >= 4 is 32.6 Å². The molecular weight excluding hydrogens is 478 g/mol. The molecular formula is C27H27N3O5S. The van der Waals surface area contributed by atoms with Gasteiger partial charge in [0.05, 0.1) is 16.9 Å². The number of nitrogens with zero attached hydrogens (tertiary/aromatic N) is 3. The Hall–Kier alpha value is -3.85. The molecule has 2 aromatic heterocycles. The van der Waals surface area contributed by atoms with Gasteiger partial charge in [0.1, 0.15) is 6.54 Å². The van der Waals surface area contributed by atoms with Gasteiger partial charge in [0.2, 0.25) is 5.91 Å². The first kappa shape index (κ1) is 23.9. The van der Waals surface area contributed by atoms with Crippen molar-refractivity contribution in [1.82, 2.24) is 14.4 Å². The summed E-state index contributed by atoms with van der Waals surface area (Å²) in [5.41, 5.74) is 2.48. The van der Waals surface area contributed by atoms with E-state index in [1.165, 1.54) is 6.26 Å². The number of sulfone groups is 1. The molecule has 4 aromatic rings. The highest BCUT2D eigenvalue weighted by atomic mass is 32.2. The molecule has 0 unspecified atom stereocenters. The number of aromatic nitrogens is 1. The number of carbonyl (C=O) groups excluding carboxylic acids is 2. The quantitative estimate of drug-likeness (QED) is 0.400. The van der Waals surface area contributed by atoms with Gasteiger partial charge in [-0.25, -0.2) is 8.42 Å². The highest BCUT2D eigenvalue weighted by Crippen LogP contribution is 2.28. The zero-order valence-corrected chi connectivity index (χ0v) is 20.8. The lowest BCUT2D eigenvalue weighted by Crippen LogP contribution is -2.51. The Morgan fingerprint density at radius 2 is 1.58 bits per heavy atom. The largest absolute Gasteiger partial charge is 0.459 e. The van der Waals surface area contributed by atoms with Gasteiger partial charge in [0.25, 0.3) is 5.91 Å². The summed E-state index contributed by atoms with van der Waals surface area (Å²) >= 11 is 0. The number of hydrogen-bond donors (Lipinski definition) is 0. The molecule has 0 atom stereocenters. The van der Waals surface area contributed by atoms with E-state index in [1.54, 1.807) is 44.8 Å². The molecule has 2 aromatic carbocycles. The molecule has 186 valence electrons. The zero-order valence-electron chi connectivity index (χ0n) is 20.0. The number of para-hydroxylation sites is 1. The van der Waals surface area contributed by atoms with Gasteiger partial charge in [0.15, 0.2) is 15.6 Å². The third kappa shape index (κ3) is 4.79. The zero-order chi connectivity index (χ0) is 25.3. The summed E-state index contributed by atoms with van der Waals surface area (Å²) < 4.78 is 33.6. The average molecular weight is 506 g/mol. The molecule has 0 spiro atoms. The molecule has 0 radical (unpaired) electrons. The minimum Gasteiger partial charge on any atom is -0.459 e. The summed E-state index contributed by atoms with van der Waals surface area (Å²) in [4.78, 5) is 29.2. The van der Waals surface area contributed by atoms with Gasteiger partial charge in [-0.2, -0.15) is 0 Å². The Morgan fingerprint density at radius 3 is 2.28 bits per heavy atom. The van der Waals surface area contributed by atoms with Crippen molar-refractivity contribution in [3.8, 4) is 0 Å². The Bertz CT molecular complexity index is 1500. The van der Waals surface area contributed by atoms with Crippen LogP contribution in [0.15, 0.2) is 82.4 Å². The highest BCUT2D eigenvalue weighted by molar-refractivity contribution is 7.90. The van der Waals surface area contributed by atoms with Gasteiger partial charge in [-0.15, -0.1) is 0 Å². The third-order valence-corrected chi connectivity index (χ3v) is 8.23. The number of hydrogen-bond acceptors (Lipinski definition) is 5. The number of furan rings is 1. The van der Waals surface area contributed by atoms with Crippen molar-refractivity contribution < 1.29 is 22.4 Å². The maximum absolute atomic E-state index is 13.3. The number of aryl methyl sites for hydroxylation is 1. The second-order valence-corrected chi connectivity index (χ2v) is 11.0. The normalized spacial score (nSPS) is 14.4. The van der Waals surface area contributed by atoms with Crippen LogP contribution in [0.3, 0.4) is 0 Å². The summed E-state index contributed by atoms with van der Waals surface area (Å²) in [5, 5.41) is 0.603. The fraction of sp³-hybridized carbons (Fsp3) is 0.259. The molecule has 5 rings (SSSR count). The topological polar surface area (TPSA) is 92.8 Å². The summed E-state index contributed by atoms with van der Waals surface area (Å²) in [7, 11) is -3.63. The van der Waals surface area contributed by atoms with Crippen molar-refractivity contribution in [3.63, 3.8) is 0 Å². The van der Waals surface area contributed by atoms with Crippen molar-refractivity contribution in [2.24, 2.45) is 0 Å². The standard InChI is InChI=1S/C27H27N3O5S/c1-20-8-10-21(11-9-20)19-36(33,34)25-17-30(23-6-3-2-5-22(23)25)18-26(31)28-12-14-29(15-13-28)27(32)24-7-4-16-35-24/h2-11,16-17H,12-15,18-19H2,1H3. The Balaban J connectivity index is 1.32. The molecule has 0 N–H and O–H groups in total. The van der Waals surface area contributed by atoms with E-state index in [0.29, 0.717) is 37.1 Å². The molecule has 1 fully saturated rings. The van der Waals surface area contributed by atoms with Crippen LogP contribution < -0.4 is 0 Å². The molecule has 1 aliphatic heterocycles. The van der Waals surface area contributed by atoms with Crippen LogP contribution in [0.5, 0.6) is 0 Å². The van der Waals surface area contributed by atoms with E-state index in [2.05, 4.69) is 0 Å². The van der Waals surface area contributed by atoms with E-state index in [9.17, 15) is 18.0 Å². The van der Waals surface area contributed by atoms with E-state index in [-0.39, 0.29) is 34.8 Å². The van der Waals surface area contributed by atoms with Crippen LogP contribution in [0.4, 0.5) is 0 Å². The molecule has 0 saturated carbocycles. The Morgan fingerprint density at radius 1 is 0.889 bits per heavy atom. The first-order valence-electron chi connectivity index (χ1n) is 11.8. The molecule has 8 nitrogen and oxygen atoms in total. The SMILES string of the molecule is Cc1ccc(CS(=O)(=O)c2cn(CC(=O)N3CCN(C(=O)c4ccco4)CC3)c3ccccc23)cc1. The Kier molecular flexibility index (Phi) is 6.40. The molecule has 1 aliphatic rings. The van der Waals surface area contributed by atoms with Crippen LogP contribution in [0, 0.1) is 6.92 Å². The van der Waals surface area contributed by atoms with E-state index in [4.69, 9.17) is 4.42 Å². The number of rotatable bonds is 6. The van der Waals surface area contributed by atoms with Gasteiger partial charge in [-0.1, -0.05) is 48.0 Å². The lowest BCUT2D eigenvalue weighted by molar-refractivity contribution is -0.133. The number of fused-ring (bicyclic) bond motifs is 1. The smallest absolute Gasteiger partial charge is 0.289 e. The van der Waals surface area contributed by atoms with Crippen LogP contribution in [0.1, 0.15) is 21.7 Å². The van der Waals surface area contributed by atoms with Crippen LogP contribution in [-0.2, 0) is 26.9 Å². The van der Waals surface area contributed by atoms with Gasteiger partial charge in [0, 0.05) is 43.3 Å². The van der Waals surface area contributed by atoms with E-state index in [0.717, 1.165) is 11.1 Å². The fourth-order valence-corrected chi connectivity index (χ4v) is 6.12. The molecule has 3 heterocycles. The summed E-state index contributed by atoms with van der Waals surface area (Å²) in [6.07, 6.45) is 3.03. The fourth-order valence-electron chi connectivity index (χ4n) is 4.53. The first-order valence-corrected chi connectivity index (χ1v) is 13.4. The van der Waals surface area contributed by atoms with Crippen molar-refractivity contribution in [2.45, 2.75) is 24.1 Å². The summed E-state index contributed by atoms with van der Waals surface area (Å²) in [6.45, 7) is 3.61. The van der Waals surface area contributed by atoms with Crippen molar-refractivity contribution in [2.75, 3.05) is 26.2 Å². The van der Waals surface area contributed by atoms with E-state index >= 15 is 0 Å². The van der Waals surface area contributed by atoms with Gasteiger partial charge >= 0.3 is 0 Å². The highest BCUT2D eigenvalue weighted by Gasteiger charge is 2.27. The second kappa shape index (κ2) is 9.66. The lowest BCUT2D eigenvalue weighted by Gasteiger charge is -2.34. The minimum atomic E-state index is -3.63. The number of amides is 2. The van der Waals surface area contributed by atoms with Gasteiger partial charge in [-0.05, 0) is 30.7 Å². The van der Waals surface area contributed by atoms with E-state index in [1.807, 2.05) is 43.3 Å². The number of benzene rings is 2. The van der Waals surface area contributed by atoms with Crippen molar-refractivity contribution in [1.29, 1.82) is 0 Å². The summed E-state index contributed by atoms with van der Waals surface area (Å²) in [6, 6.07) is 18.0. The minimum absolute atomic E-state index is 0.0205. The van der Waals surface area contributed by atoms with Crippen molar-refractivity contribution in [3.05, 3.63) is 90.0 Å². The summed E-state index contributed by atoms with van der Waals surface area (Å²) in [5.74, 6) is -0.135. The molecule has 0 aliphatic carbocycles. The van der Waals surface area contributed by atoms with Crippen LogP contribution in [0.25, 0.3) is 10.9 Å². The van der Waals surface area contributed by atoms with E-state index < -0.39 is 9.84 Å². The third-order valence-electron chi connectivity index (χ3n) is 6.52. The molecule has 36 heavy (non-hydrogen) atoms. The number of carbonyl (C=O) groups is 2. The predicted octanol–water partition coefficient (Wildman–Crippen LogP) is 3.50. The maximum Gasteiger partial charge on any atom is 0.289 e. The van der Waals surface area contributed by atoms with Crippen LogP contribution >= 0.6 is 0 Å². The second-order valence-electron chi connectivity index (χ2n) is 9.03. The molecule has 0 bridgehead atoms. The molecule has 2 amide bonds. The molecule has 1 saturated heterocycles. The van der Waals surface area contributed by atoms with Gasteiger partial charge < -0.3 is 18.8 Å². The predicted molar refractivity (Wildman–Crippen MR) is 135 cm³/mol. The maximum atomic E-state index is 13.3. The monoisotopic (exact) mass is 505 g/mol. The Labute approximate surface area is 209 Å².